The van der Waals surface area contributed by atoms with Crippen LogP contribution in [0.1, 0.15) is 20.8 Å². The molecule has 5 nitrogen and oxygen atoms in total. The summed E-state index contributed by atoms with van der Waals surface area (Å²) < 4.78 is 26.6. The van der Waals surface area contributed by atoms with Crippen LogP contribution in [0.3, 0.4) is 0 Å². The summed E-state index contributed by atoms with van der Waals surface area (Å²) in [6.45, 7) is 6.61. The predicted molar refractivity (Wildman–Crippen MR) is 85.3 cm³/mol. The number of sulfonamides is 1. The van der Waals surface area contributed by atoms with Gasteiger partial charge in [0, 0.05) is 37.2 Å². The molecular formula is C14H20N2O3S2. The molecule has 0 saturated carbocycles. The van der Waals surface area contributed by atoms with E-state index in [1.165, 1.54) is 11.2 Å². The van der Waals surface area contributed by atoms with Gasteiger partial charge in [0.25, 0.3) is 0 Å². The molecule has 1 aliphatic heterocycles. The molecule has 0 unspecified atom stereocenters. The van der Waals surface area contributed by atoms with E-state index in [1.54, 1.807) is 34.9 Å². The summed E-state index contributed by atoms with van der Waals surface area (Å²) in [6.07, 6.45) is 0. The fourth-order valence-electron chi connectivity index (χ4n) is 2.40. The Morgan fingerprint density at radius 1 is 1.33 bits per heavy atom. The first-order chi connectivity index (χ1) is 9.91. The summed E-state index contributed by atoms with van der Waals surface area (Å²) in [7, 11) is -3.50. The second-order valence-electron chi connectivity index (χ2n) is 4.74. The lowest BCUT2D eigenvalue weighted by atomic mass is 10.2. The molecule has 1 aromatic carbocycles. The molecule has 0 aromatic heterocycles. The van der Waals surface area contributed by atoms with Gasteiger partial charge in [-0.05, 0) is 18.2 Å². The Hall–Kier alpha value is -1.05. The monoisotopic (exact) mass is 328 g/mol. The van der Waals surface area contributed by atoms with Gasteiger partial charge in [0.1, 0.15) is 0 Å². The lowest BCUT2D eigenvalue weighted by molar-refractivity contribution is -0.116. The number of anilines is 1. The normalized spacial score (nSPS) is 15.1. The fraction of sp³-hybridized carbons (Fsp3) is 0.500. The van der Waals surface area contributed by atoms with Crippen LogP contribution in [-0.4, -0.2) is 44.0 Å². The van der Waals surface area contributed by atoms with Crippen molar-refractivity contribution in [3.63, 3.8) is 0 Å². The number of hydrogen-bond donors (Lipinski definition) is 0. The van der Waals surface area contributed by atoms with E-state index in [1.807, 2.05) is 13.8 Å². The average Bonchev–Trinajstić information content (AvgIpc) is 2.46. The summed E-state index contributed by atoms with van der Waals surface area (Å²) >= 11 is 1.65. The van der Waals surface area contributed by atoms with Gasteiger partial charge in [-0.1, -0.05) is 13.8 Å². The maximum atomic E-state index is 12.6. The number of carbonyl (C=O) groups is 1. The van der Waals surface area contributed by atoms with E-state index in [0.29, 0.717) is 25.3 Å². The van der Waals surface area contributed by atoms with Crippen LogP contribution >= 0.6 is 11.8 Å². The molecule has 1 aliphatic rings. The topological polar surface area (TPSA) is 57.7 Å². The van der Waals surface area contributed by atoms with E-state index in [-0.39, 0.29) is 10.8 Å². The van der Waals surface area contributed by atoms with Crippen molar-refractivity contribution in [1.82, 2.24) is 4.31 Å². The highest BCUT2D eigenvalue weighted by molar-refractivity contribution is 7.99. The van der Waals surface area contributed by atoms with Crippen molar-refractivity contribution in [3.8, 4) is 0 Å². The van der Waals surface area contributed by atoms with Crippen molar-refractivity contribution in [3.05, 3.63) is 18.2 Å². The zero-order chi connectivity index (χ0) is 15.6. The van der Waals surface area contributed by atoms with Gasteiger partial charge in [0.05, 0.1) is 10.6 Å². The van der Waals surface area contributed by atoms with Crippen LogP contribution in [0.4, 0.5) is 5.69 Å². The van der Waals surface area contributed by atoms with E-state index < -0.39 is 10.0 Å². The molecule has 0 fully saturated rings. The molecule has 0 N–H and O–H groups in total. The first-order valence-electron chi connectivity index (χ1n) is 6.97. The maximum absolute atomic E-state index is 12.6. The van der Waals surface area contributed by atoms with E-state index >= 15 is 0 Å². The quantitative estimate of drug-likeness (QED) is 0.850. The van der Waals surface area contributed by atoms with Gasteiger partial charge in [-0.3, -0.25) is 4.79 Å². The van der Waals surface area contributed by atoms with Crippen LogP contribution in [0, 0.1) is 0 Å². The Kier molecular flexibility index (Phi) is 4.95. The van der Waals surface area contributed by atoms with E-state index in [9.17, 15) is 13.2 Å². The molecule has 2 rings (SSSR count). The first kappa shape index (κ1) is 16.3. The maximum Gasteiger partial charge on any atom is 0.243 e. The Morgan fingerprint density at radius 2 is 2.00 bits per heavy atom. The second kappa shape index (κ2) is 6.37. The highest BCUT2D eigenvalue weighted by Crippen LogP contribution is 2.36. The second-order valence-corrected chi connectivity index (χ2v) is 7.81. The van der Waals surface area contributed by atoms with Crippen LogP contribution in [-0.2, 0) is 14.8 Å². The number of carbonyl (C=O) groups excluding carboxylic acids is 1. The standard InChI is InChI=1S/C14H20N2O3S2/c1-4-15(5-2)21(18,19)12-6-7-14-13(10-12)16(11(3)17)8-9-20-14/h6-7,10H,4-5,8-9H2,1-3H3. The van der Waals surface area contributed by atoms with Crippen molar-refractivity contribution in [2.24, 2.45) is 0 Å². The minimum Gasteiger partial charge on any atom is -0.311 e. The molecule has 0 bridgehead atoms. The minimum absolute atomic E-state index is 0.0612. The van der Waals surface area contributed by atoms with Crippen molar-refractivity contribution in [2.45, 2.75) is 30.6 Å². The van der Waals surface area contributed by atoms with Gasteiger partial charge in [-0.15, -0.1) is 11.8 Å². The molecule has 1 aromatic rings. The lowest BCUT2D eigenvalue weighted by Gasteiger charge is -2.29. The van der Waals surface area contributed by atoms with Gasteiger partial charge in [0.15, 0.2) is 0 Å². The van der Waals surface area contributed by atoms with E-state index in [4.69, 9.17) is 0 Å². The van der Waals surface area contributed by atoms with Crippen molar-refractivity contribution >= 4 is 33.4 Å². The Bertz CT molecular complexity index is 640. The largest absolute Gasteiger partial charge is 0.311 e. The predicted octanol–water partition coefficient (Wildman–Crippen LogP) is 2.18. The van der Waals surface area contributed by atoms with Crippen LogP contribution in [0.5, 0.6) is 0 Å². The SMILES string of the molecule is CCN(CC)S(=O)(=O)c1ccc2c(c1)N(C(C)=O)CCS2. The highest BCUT2D eigenvalue weighted by atomic mass is 32.2. The van der Waals surface area contributed by atoms with Gasteiger partial charge in [-0.25, -0.2) is 8.42 Å². The Labute approximate surface area is 130 Å². The summed E-state index contributed by atoms with van der Waals surface area (Å²) in [5.41, 5.74) is 0.701. The Balaban J connectivity index is 2.49. The van der Waals surface area contributed by atoms with Crippen molar-refractivity contribution in [2.75, 3.05) is 30.3 Å². The molecule has 7 heteroatoms. The number of hydrogen-bond acceptors (Lipinski definition) is 4. The number of thioether (sulfide) groups is 1. The molecule has 1 heterocycles. The molecule has 0 radical (unpaired) electrons. The highest BCUT2D eigenvalue weighted by Gasteiger charge is 2.26. The van der Waals surface area contributed by atoms with Gasteiger partial charge in [0.2, 0.25) is 15.9 Å². The summed E-state index contributed by atoms with van der Waals surface area (Å²) in [5, 5.41) is 0. The summed E-state index contributed by atoms with van der Waals surface area (Å²) in [4.78, 5) is 14.6. The zero-order valence-electron chi connectivity index (χ0n) is 12.5. The molecule has 21 heavy (non-hydrogen) atoms. The number of amides is 1. The van der Waals surface area contributed by atoms with E-state index in [0.717, 1.165) is 10.6 Å². The average molecular weight is 328 g/mol. The molecule has 0 saturated heterocycles. The smallest absolute Gasteiger partial charge is 0.243 e. The fourth-order valence-corrected chi connectivity index (χ4v) is 4.85. The van der Waals surface area contributed by atoms with Crippen LogP contribution in [0.25, 0.3) is 0 Å². The zero-order valence-corrected chi connectivity index (χ0v) is 14.1. The molecule has 116 valence electrons. The van der Waals surface area contributed by atoms with Crippen LogP contribution in [0.15, 0.2) is 28.0 Å². The van der Waals surface area contributed by atoms with Gasteiger partial charge in [-0.2, -0.15) is 4.31 Å². The van der Waals surface area contributed by atoms with E-state index in [2.05, 4.69) is 0 Å². The summed E-state index contributed by atoms with van der Waals surface area (Å²) in [5.74, 6) is 0.767. The molecule has 0 spiro atoms. The third kappa shape index (κ3) is 3.09. The van der Waals surface area contributed by atoms with Crippen LogP contribution < -0.4 is 4.90 Å². The van der Waals surface area contributed by atoms with Crippen molar-refractivity contribution < 1.29 is 13.2 Å². The van der Waals surface area contributed by atoms with Crippen molar-refractivity contribution in [1.29, 1.82) is 0 Å². The lowest BCUT2D eigenvalue weighted by Crippen LogP contribution is -2.34. The first-order valence-corrected chi connectivity index (χ1v) is 9.39. The number of fused-ring (bicyclic) bond motifs is 1. The number of nitrogens with zero attached hydrogens (tertiary/aromatic N) is 2. The van der Waals surface area contributed by atoms with Gasteiger partial charge >= 0.3 is 0 Å². The summed E-state index contributed by atoms with van der Waals surface area (Å²) in [6, 6.07) is 5.05. The Morgan fingerprint density at radius 3 is 2.57 bits per heavy atom. The van der Waals surface area contributed by atoms with Crippen LogP contribution in [0.2, 0.25) is 0 Å². The third-order valence-corrected chi connectivity index (χ3v) is 6.61. The minimum atomic E-state index is -3.50. The number of rotatable bonds is 4. The molecule has 0 aliphatic carbocycles. The third-order valence-electron chi connectivity index (χ3n) is 3.52. The molecular weight excluding hydrogens is 308 g/mol. The molecule has 1 amide bonds. The number of benzene rings is 1. The van der Waals surface area contributed by atoms with Gasteiger partial charge < -0.3 is 4.90 Å². The molecule has 0 atom stereocenters.